The summed E-state index contributed by atoms with van der Waals surface area (Å²) in [6.07, 6.45) is 1.64. The van der Waals surface area contributed by atoms with Gasteiger partial charge in [0.2, 0.25) is 0 Å². The Kier molecular flexibility index (Phi) is 5.37. The highest BCUT2D eigenvalue weighted by Gasteiger charge is 2.31. The van der Waals surface area contributed by atoms with Gasteiger partial charge in [-0.15, -0.1) is 0 Å². The number of pyridine rings is 1. The van der Waals surface area contributed by atoms with Crippen LogP contribution in [0.4, 0.5) is 0 Å². The van der Waals surface area contributed by atoms with Crippen molar-refractivity contribution in [3.8, 4) is 17.3 Å². The molecule has 1 fully saturated rings. The van der Waals surface area contributed by atoms with Crippen molar-refractivity contribution in [2.24, 2.45) is 0 Å². The first kappa shape index (κ1) is 18.5. The summed E-state index contributed by atoms with van der Waals surface area (Å²) >= 11 is 0. The molecule has 0 saturated carbocycles. The first-order chi connectivity index (χ1) is 12.4. The molecular formula is C19H22N4O2S. The van der Waals surface area contributed by atoms with Crippen LogP contribution in [0.2, 0.25) is 0 Å². The smallest absolute Gasteiger partial charge is 0.260 e. The molecule has 7 heteroatoms. The number of nitrogens with zero attached hydrogens (tertiary/aromatic N) is 4. The summed E-state index contributed by atoms with van der Waals surface area (Å²) in [5.41, 5.74) is 1.92. The first-order valence-electron chi connectivity index (χ1n) is 8.56. The molecule has 2 heterocycles. The standard InChI is InChI=1S/C19H22N4O2S/c1-22(2)17-10-12-23(13-11-17)26(24,25)19-5-3-4-18(21-19)16-8-6-15(14-20)7-9-16/h3-9,17H,10-13H2,1-2H3. The fraction of sp³-hybridized carbons (Fsp3) is 0.368. The Hall–Kier alpha value is -2.27. The number of sulfonamides is 1. The molecule has 2 aromatic rings. The van der Waals surface area contributed by atoms with Gasteiger partial charge in [0.25, 0.3) is 10.0 Å². The van der Waals surface area contributed by atoms with Gasteiger partial charge in [0, 0.05) is 24.7 Å². The van der Waals surface area contributed by atoms with Crippen LogP contribution in [0, 0.1) is 11.3 Å². The molecule has 0 bridgehead atoms. The van der Waals surface area contributed by atoms with Gasteiger partial charge in [-0.25, -0.2) is 13.4 Å². The van der Waals surface area contributed by atoms with Crippen LogP contribution in [0.15, 0.2) is 47.5 Å². The lowest BCUT2D eigenvalue weighted by atomic mass is 10.1. The topological polar surface area (TPSA) is 77.3 Å². The predicted octanol–water partition coefficient (Wildman–Crippen LogP) is 2.33. The van der Waals surface area contributed by atoms with Crippen LogP contribution in [0.25, 0.3) is 11.3 Å². The van der Waals surface area contributed by atoms with E-state index in [-0.39, 0.29) is 5.03 Å². The van der Waals surface area contributed by atoms with E-state index >= 15 is 0 Å². The molecule has 26 heavy (non-hydrogen) atoms. The SMILES string of the molecule is CN(C)C1CCN(S(=O)(=O)c2cccc(-c3ccc(C#N)cc3)n2)CC1. The number of hydrogen-bond donors (Lipinski definition) is 0. The van der Waals surface area contributed by atoms with Gasteiger partial charge in [-0.05, 0) is 51.2 Å². The second-order valence-corrected chi connectivity index (χ2v) is 8.53. The molecular weight excluding hydrogens is 348 g/mol. The Morgan fingerprint density at radius 1 is 1.12 bits per heavy atom. The van der Waals surface area contributed by atoms with Crippen molar-refractivity contribution in [1.82, 2.24) is 14.2 Å². The molecule has 0 atom stereocenters. The Morgan fingerprint density at radius 3 is 2.35 bits per heavy atom. The molecule has 0 N–H and O–H groups in total. The number of rotatable bonds is 4. The van der Waals surface area contributed by atoms with Crippen molar-refractivity contribution >= 4 is 10.0 Å². The highest BCUT2D eigenvalue weighted by atomic mass is 32.2. The second kappa shape index (κ2) is 7.54. The minimum Gasteiger partial charge on any atom is -0.306 e. The minimum atomic E-state index is -3.60. The van der Waals surface area contributed by atoms with Crippen LogP contribution < -0.4 is 0 Å². The van der Waals surface area contributed by atoms with Crippen molar-refractivity contribution < 1.29 is 8.42 Å². The van der Waals surface area contributed by atoms with Gasteiger partial charge in [-0.1, -0.05) is 18.2 Å². The number of piperidine rings is 1. The van der Waals surface area contributed by atoms with Crippen molar-refractivity contribution in [1.29, 1.82) is 5.26 Å². The Balaban J connectivity index is 1.84. The van der Waals surface area contributed by atoms with Gasteiger partial charge in [-0.2, -0.15) is 9.57 Å². The van der Waals surface area contributed by atoms with Crippen LogP contribution >= 0.6 is 0 Å². The Bertz CT molecular complexity index is 909. The highest BCUT2D eigenvalue weighted by Crippen LogP contribution is 2.24. The van der Waals surface area contributed by atoms with Gasteiger partial charge >= 0.3 is 0 Å². The van der Waals surface area contributed by atoms with E-state index in [1.165, 1.54) is 4.31 Å². The zero-order valence-corrected chi connectivity index (χ0v) is 15.8. The second-order valence-electron chi connectivity index (χ2n) is 6.65. The lowest BCUT2D eigenvalue weighted by Gasteiger charge is -2.34. The molecule has 0 spiro atoms. The molecule has 3 rings (SSSR count). The van der Waals surface area contributed by atoms with E-state index in [4.69, 9.17) is 5.26 Å². The molecule has 0 unspecified atom stereocenters. The molecule has 0 radical (unpaired) electrons. The zero-order chi connectivity index (χ0) is 18.7. The third-order valence-electron chi connectivity index (χ3n) is 4.79. The third kappa shape index (κ3) is 3.78. The molecule has 0 aliphatic carbocycles. The van der Waals surface area contributed by atoms with Crippen molar-refractivity contribution in [2.45, 2.75) is 23.9 Å². The average Bonchev–Trinajstić information content (AvgIpc) is 2.68. The summed E-state index contributed by atoms with van der Waals surface area (Å²) in [6, 6.07) is 14.5. The number of aromatic nitrogens is 1. The van der Waals surface area contributed by atoms with Gasteiger partial charge < -0.3 is 4.90 Å². The van der Waals surface area contributed by atoms with Crippen molar-refractivity contribution in [3.05, 3.63) is 48.0 Å². The maximum absolute atomic E-state index is 13.0. The summed E-state index contributed by atoms with van der Waals surface area (Å²) in [4.78, 5) is 6.52. The van der Waals surface area contributed by atoms with E-state index in [2.05, 4.69) is 16.0 Å². The van der Waals surface area contributed by atoms with E-state index in [1.54, 1.807) is 42.5 Å². The molecule has 0 amide bonds. The largest absolute Gasteiger partial charge is 0.306 e. The van der Waals surface area contributed by atoms with E-state index < -0.39 is 10.0 Å². The molecule has 6 nitrogen and oxygen atoms in total. The van der Waals surface area contributed by atoms with E-state index in [1.807, 2.05) is 14.1 Å². The van der Waals surface area contributed by atoms with Crippen LogP contribution in [0.3, 0.4) is 0 Å². The molecule has 1 aliphatic rings. The maximum Gasteiger partial charge on any atom is 0.260 e. The lowest BCUT2D eigenvalue weighted by Crippen LogP contribution is -2.44. The maximum atomic E-state index is 13.0. The van der Waals surface area contributed by atoms with Crippen LogP contribution in [0.5, 0.6) is 0 Å². The lowest BCUT2D eigenvalue weighted by molar-refractivity contribution is 0.196. The fourth-order valence-corrected chi connectivity index (χ4v) is 4.59. The molecule has 1 aliphatic heterocycles. The molecule has 1 aromatic heterocycles. The normalized spacial score (nSPS) is 16.5. The van der Waals surface area contributed by atoms with Gasteiger partial charge in [0.15, 0.2) is 5.03 Å². The Labute approximate surface area is 154 Å². The predicted molar refractivity (Wildman–Crippen MR) is 99.9 cm³/mol. The van der Waals surface area contributed by atoms with Crippen LogP contribution in [-0.2, 0) is 10.0 Å². The number of nitriles is 1. The van der Waals surface area contributed by atoms with Gasteiger partial charge in [-0.3, -0.25) is 0 Å². The summed E-state index contributed by atoms with van der Waals surface area (Å²) in [7, 11) is 0.447. The third-order valence-corrected chi connectivity index (χ3v) is 6.59. The number of benzene rings is 1. The highest BCUT2D eigenvalue weighted by molar-refractivity contribution is 7.89. The molecule has 136 valence electrons. The van der Waals surface area contributed by atoms with E-state index in [0.29, 0.717) is 30.4 Å². The van der Waals surface area contributed by atoms with Crippen LogP contribution in [-0.4, -0.2) is 55.8 Å². The van der Waals surface area contributed by atoms with Gasteiger partial charge in [0.1, 0.15) is 0 Å². The minimum absolute atomic E-state index is 0.0719. The monoisotopic (exact) mass is 370 g/mol. The fourth-order valence-electron chi connectivity index (χ4n) is 3.17. The zero-order valence-electron chi connectivity index (χ0n) is 15.0. The number of hydrogen-bond acceptors (Lipinski definition) is 5. The first-order valence-corrected chi connectivity index (χ1v) is 10.00. The van der Waals surface area contributed by atoms with Gasteiger partial charge in [0.05, 0.1) is 17.3 Å². The molecule has 1 saturated heterocycles. The Morgan fingerprint density at radius 2 is 1.77 bits per heavy atom. The van der Waals surface area contributed by atoms with E-state index in [0.717, 1.165) is 18.4 Å². The van der Waals surface area contributed by atoms with Crippen molar-refractivity contribution in [2.75, 3.05) is 27.2 Å². The molecule has 1 aromatic carbocycles. The summed E-state index contributed by atoms with van der Waals surface area (Å²) in [6.45, 7) is 1.02. The summed E-state index contributed by atoms with van der Waals surface area (Å²) in [5.74, 6) is 0. The van der Waals surface area contributed by atoms with Crippen molar-refractivity contribution in [3.63, 3.8) is 0 Å². The summed E-state index contributed by atoms with van der Waals surface area (Å²) in [5, 5.41) is 8.97. The summed E-state index contributed by atoms with van der Waals surface area (Å²) < 4.78 is 27.4. The quantitative estimate of drug-likeness (QED) is 0.825. The average molecular weight is 370 g/mol. The van der Waals surface area contributed by atoms with E-state index in [9.17, 15) is 8.42 Å². The van der Waals surface area contributed by atoms with Crippen LogP contribution in [0.1, 0.15) is 18.4 Å².